The number of anilines is 1. The second-order valence-electron chi connectivity index (χ2n) is 4.19. The van der Waals surface area contributed by atoms with Crippen molar-refractivity contribution in [3.8, 4) is 0 Å². The number of benzene rings is 1. The van der Waals surface area contributed by atoms with E-state index in [-0.39, 0.29) is 13.2 Å². The highest BCUT2D eigenvalue weighted by Crippen LogP contribution is 2.07. The van der Waals surface area contributed by atoms with Gasteiger partial charge in [-0.25, -0.2) is 14.4 Å². The Morgan fingerprint density at radius 1 is 1.00 bits per heavy atom. The van der Waals surface area contributed by atoms with Crippen LogP contribution < -0.4 is 5.32 Å². The number of rotatable bonds is 8. The van der Waals surface area contributed by atoms with Crippen molar-refractivity contribution < 1.29 is 28.6 Å². The maximum absolute atomic E-state index is 11.8. The summed E-state index contributed by atoms with van der Waals surface area (Å²) in [7, 11) is 0. The van der Waals surface area contributed by atoms with Gasteiger partial charge in [0.05, 0.1) is 0 Å². The quantitative estimate of drug-likeness (QED) is 0.448. The van der Waals surface area contributed by atoms with Gasteiger partial charge in [0.2, 0.25) is 0 Å². The molecule has 1 rings (SSSR count). The fourth-order valence-electron chi connectivity index (χ4n) is 1.40. The maximum atomic E-state index is 11.8. The average molecular weight is 319 g/mol. The molecule has 0 bridgehead atoms. The first-order chi connectivity index (χ1) is 11.0. The maximum Gasteiger partial charge on any atom is 0.412 e. The number of carbonyl (C=O) groups is 3. The van der Waals surface area contributed by atoms with E-state index in [4.69, 9.17) is 14.2 Å². The SMILES string of the molecule is C=CC(=O)OCC(COC(=O)C=C)OC(=O)Nc1ccccc1. The molecule has 0 saturated heterocycles. The van der Waals surface area contributed by atoms with Crippen molar-refractivity contribution in [1.82, 2.24) is 0 Å². The molecule has 0 aliphatic rings. The third-order valence-corrected chi connectivity index (χ3v) is 2.45. The molecule has 0 atom stereocenters. The van der Waals surface area contributed by atoms with Crippen molar-refractivity contribution in [3.05, 3.63) is 55.6 Å². The molecule has 1 N–H and O–H groups in total. The van der Waals surface area contributed by atoms with Crippen molar-refractivity contribution >= 4 is 23.7 Å². The number of esters is 2. The molecule has 7 nitrogen and oxygen atoms in total. The van der Waals surface area contributed by atoms with Gasteiger partial charge >= 0.3 is 18.0 Å². The fraction of sp³-hybridized carbons (Fsp3) is 0.188. The van der Waals surface area contributed by atoms with Gasteiger partial charge in [0.1, 0.15) is 13.2 Å². The summed E-state index contributed by atoms with van der Waals surface area (Å²) in [4.78, 5) is 33.9. The zero-order chi connectivity index (χ0) is 17.1. The minimum absolute atomic E-state index is 0.280. The summed E-state index contributed by atoms with van der Waals surface area (Å²) in [5.41, 5.74) is 0.530. The summed E-state index contributed by atoms with van der Waals surface area (Å²) in [5.74, 6) is -1.37. The van der Waals surface area contributed by atoms with Crippen LogP contribution in [0.5, 0.6) is 0 Å². The highest BCUT2D eigenvalue weighted by Gasteiger charge is 2.18. The molecule has 7 heteroatoms. The van der Waals surface area contributed by atoms with Crippen LogP contribution in [0.3, 0.4) is 0 Å². The molecule has 1 amide bonds. The minimum atomic E-state index is -0.966. The molecule has 122 valence electrons. The van der Waals surface area contributed by atoms with E-state index in [1.54, 1.807) is 30.3 Å². The third-order valence-electron chi connectivity index (χ3n) is 2.45. The number of amides is 1. The number of hydrogen-bond acceptors (Lipinski definition) is 6. The second kappa shape index (κ2) is 9.78. The van der Waals surface area contributed by atoms with Crippen LogP contribution in [0.15, 0.2) is 55.6 Å². The first kappa shape index (κ1) is 18.0. The number of hydrogen-bond donors (Lipinski definition) is 1. The Morgan fingerprint density at radius 2 is 1.52 bits per heavy atom. The fourth-order valence-corrected chi connectivity index (χ4v) is 1.40. The molecule has 1 aromatic carbocycles. The lowest BCUT2D eigenvalue weighted by Crippen LogP contribution is -2.32. The summed E-state index contributed by atoms with van der Waals surface area (Å²) >= 11 is 0. The van der Waals surface area contributed by atoms with E-state index >= 15 is 0 Å². The minimum Gasteiger partial charge on any atom is -0.458 e. The van der Waals surface area contributed by atoms with Gasteiger partial charge in [-0.3, -0.25) is 5.32 Å². The second-order valence-corrected chi connectivity index (χ2v) is 4.19. The topological polar surface area (TPSA) is 90.9 Å². The van der Waals surface area contributed by atoms with Crippen molar-refractivity contribution in [3.63, 3.8) is 0 Å². The van der Waals surface area contributed by atoms with E-state index in [9.17, 15) is 14.4 Å². The van der Waals surface area contributed by atoms with Gasteiger partial charge in [0, 0.05) is 17.8 Å². The molecule has 0 fully saturated rings. The zero-order valence-electron chi connectivity index (χ0n) is 12.4. The summed E-state index contributed by atoms with van der Waals surface area (Å²) in [6.45, 7) is 5.94. The monoisotopic (exact) mass is 319 g/mol. The van der Waals surface area contributed by atoms with E-state index < -0.39 is 24.1 Å². The van der Waals surface area contributed by atoms with Crippen molar-refractivity contribution in [2.45, 2.75) is 6.10 Å². The summed E-state index contributed by atoms with van der Waals surface area (Å²) < 4.78 is 14.7. The van der Waals surface area contributed by atoms with Gasteiger partial charge in [-0.15, -0.1) is 0 Å². The van der Waals surface area contributed by atoms with Crippen molar-refractivity contribution in [1.29, 1.82) is 0 Å². The third kappa shape index (κ3) is 7.47. The van der Waals surface area contributed by atoms with Gasteiger partial charge < -0.3 is 14.2 Å². The van der Waals surface area contributed by atoms with Crippen LogP contribution in [-0.2, 0) is 23.8 Å². The van der Waals surface area contributed by atoms with E-state index in [0.29, 0.717) is 5.69 Å². The van der Waals surface area contributed by atoms with Crippen LogP contribution in [0.4, 0.5) is 10.5 Å². The van der Waals surface area contributed by atoms with Crippen molar-refractivity contribution in [2.24, 2.45) is 0 Å². The van der Waals surface area contributed by atoms with Crippen LogP contribution in [-0.4, -0.2) is 37.3 Å². The molecule has 0 saturated carbocycles. The lowest BCUT2D eigenvalue weighted by atomic mass is 10.3. The number of nitrogens with one attached hydrogen (secondary N) is 1. The van der Waals surface area contributed by atoms with Gasteiger partial charge in [-0.2, -0.15) is 0 Å². The number of para-hydroxylation sites is 1. The molecule has 0 spiro atoms. The van der Waals surface area contributed by atoms with Gasteiger partial charge in [-0.1, -0.05) is 31.4 Å². The Balaban J connectivity index is 2.56. The van der Waals surface area contributed by atoms with Crippen LogP contribution >= 0.6 is 0 Å². The standard InChI is InChI=1S/C16H17NO6/c1-3-14(18)21-10-13(11-22-15(19)4-2)23-16(20)17-12-8-6-5-7-9-12/h3-9,13H,1-2,10-11H2,(H,17,20). The largest absolute Gasteiger partial charge is 0.458 e. The van der Waals surface area contributed by atoms with Crippen LogP contribution in [0.2, 0.25) is 0 Å². The van der Waals surface area contributed by atoms with Gasteiger partial charge in [0.15, 0.2) is 6.10 Å². The molecule has 0 radical (unpaired) electrons. The summed E-state index contributed by atoms with van der Waals surface area (Å²) in [6, 6.07) is 8.62. The van der Waals surface area contributed by atoms with Crippen molar-refractivity contribution in [2.75, 3.05) is 18.5 Å². The van der Waals surface area contributed by atoms with Crippen LogP contribution in [0.1, 0.15) is 0 Å². The highest BCUT2D eigenvalue weighted by molar-refractivity contribution is 5.85. The Kier molecular flexibility index (Phi) is 7.63. The van der Waals surface area contributed by atoms with E-state index in [1.807, 2.05) is 0 Å². The zero-order valence-corrected chi connectivity index (χ0v) is 12.4. The predicted molar refractivity (Wildman–Crippen MR) is 82.6 cm³/mol. The Morgan fingerprint density at radius 3 is 2.00 bits per heavy atom. The number of carbonyl (C=O) groups excluding carboxylic acids is 3. The highest BCUT2D eigenvalue weighted by atomic mass is 16.6. The first-order valence-corrected chi connectivity index (χ1v) is 6.66. The van der Waals surface area contributed by atoms with E-state index in [1.165, 1.54) is 0 Å². The predicted octanol–water partition coefficient (Wildman–Crippen LogP) is 2.06. The first-order valence-electron chi connectivity index (χ1n) is 6.66. The normalized spacial score (nSPS) is 9.61. The van der Waals surface area contributed by atoms with Crippen LogP contribution in [0.25, 0.3) is 0 Å². The summed E-state index contributed by atoms with van der Waals surface area (Å²) in [6.07, 6.45) is 0.199. The lowest BCUT2D eigenvalue weighted by molar-refractivity contribution is -0.146. The summed E-state index contributed by atoms with van der Waals surface area (Å²) in [5, 5.41) is 2.49. The molecule has 0 heterocycles. The molecule has 23 heavy (non-hydrogen) atoms. The van der Waals surface area contributed by atoms with Gasteiger partial charge in [0.25, 0.3) is 0 Å². The van der Waals surface area contributed by atoms with E-state index in [2.05, 4.69) is 18.5 Å². The molecule has 0 aromatic heterocycles. The molecular formula is C16H17NO6. The molecule has 0 unspecified atom stereocenters. The molecule has 0 aliphatic heterocycles. The number of ether oxygens (including phenoxy) is 3. The van der Waals surface area contributed by atoms with Crippen LogP contribution in [0, 0.1) is 0 Å². The molecule has 0 aliphatic carbocycles. The van der Waals surface area contributed by atoms with Gasteiger partial charge in [-0.05, 0) is 12.1 Å². The van der Waals surface area contributed by atoms with E-state index in [0.717, 1.165) is 12.2 Å². The molecule has 1 aromatic rings. The average Bonchev–Trinajstić information content (AvgIpc) is 2.57. The molecular weight excluding hydrogens is 302 g/mol. The lowest BCUT2D eigenvalue weighted by Gasteiger charge is -2.17. The smallest absolute Gasteiger partial charge is 0.412 e. The Hall–Kier alpha value is -3.09. The Bertz CT molecular complexity index is 545. The Labute approximate surface area is 133 Å².